The van der Waals surface area contributed by atoms with Gasteiger partial charge in [-0.15, -0.1) is 0 Å². The third-order valence-corrected chi connectivity index (χ3v) is 4.62. The van der Waals surface area contributed by atoms with Gasteiger partial charge in [-0.2, -0.15) is 0 Å². The van der Waals surface area contributed by atoms with Crippen LogP contribution in [0.25, 0.3) is 11.3 Å². The van der Waals surface area contributed by atoms with Gasteiger partial charge in [0.15, 0.2) is 9.84 Å². The topological polar surface area (TPSA) is 103 Å². The maximum atomic E-state index is 11.5. The molecule has 0 bridgehead atoms. The van der Waals surface area contributed by atoms with Crippen molar-refractivity contribution in [2.75, 3.05) is 6.26 Å². The standard InChI is InChI=1S/C14H16N2O4S/c1-21(18,19)13(14(15)17)8-7-11-9-12(16-20-11)10-5-3-2-4-6-10/h2-6,9,13H,7-8H2,1H3,(H2,15,17). The fraction of sp³-hybridized carbons (Fsp3) is 0.286. The largest absolute Gasteiger partial charge is 0.369 e. The van der Waals surface area contributed by atoms with E-state index in [2.05, 4.69) is 5.16 Å². The predicted octanol–water partition coefficient (Wildman–Crippen LogP) is 1.17. The van der Waals surface area contributed by atoms with Gasteiger partial charge in [-0.25, -0.2) is 8.42 Å². The number of carbonyl (C=O) groups excluding carboxylic acids is 1. The highest BCUT2D eigenvalue weighted by Gasteiger charge is 2.26. The van der Waals surface area contributed by atoms with Crippen LogP contribution in [-0.4, -0.2) is 31.0 Å². The lowest BCUT2D eigenvalue weighted by molar-refractivity contribution is -0.117. The number of primary amides is 1. The predicted molar refractivity (Wildman–Crippen MR) is 78.1 cm³/mol. The molecule has 112 valence electrons. The van der Waals surface area contributed by atoms with Crippen LogP contribution in [0.3, 0.4) is 0 Å². The van der Waals surface area contributed by atoms with Gasteiger partial charge in [0.25, 0.3) is 0 Å². The second kappa shape index (κ2) is 6.09. The Labute approximate surface area is 122 Å². The molecule has 0 saturated heterocycles. The summed E-state index contributed by atoms with van der Waals surface area (Å²) in [5.74, 6) is -0.330. The maximum absolute atomic E-state index is 11.5. The summed E-state index contributed by atoms with van der Waals surface area (Å²) >= 11 is 0. The van der Waals surface area contributed by atoms with E-state index < -0.39 is 21.0 Å². The van der Waals surface area contributed by atoms with Crippen LogP contribution < -0.4 is 5.73 Å². The molecule has 1 amide bonds. The zero-order valence-corrected chi connectivity index (χ0v) is 12.3. The third kappa shape index (κ3) is 3.91. The lowest BCUT2D eigenvalue weighted by Gasteiger charge is -2.09. The number of nitrogens with two attached hydrogens (primary N) is 1. The van der Waals surface area contributed by atoms with Crippen LogP contribution in [0.15, 0.2) is 40.9 Å². The summed E-state index contributed by atoms with van der Waals surface area (Å²) < 4.78 is 28.1. The van der Waals surface area contributed by atoms with E-state index in [9.17, 15) is 13.2 Å². The lowest BCUT2D eigenvalue weighted by Crippen LogP contribution is -2.35. The van der Waals surface area contributed by atoms with E-state index in [0.717, 1.165) is 11.8 Å². The first-order chi connectivity index (χ1) is 9.88. The molecule has 0 fully saturated rings. The van der Waals surface area contributed by atoms with Gasteiger partial charge < -0.3 is 10.3 Å². The van der Waals surface area contributed by atoms with Gasteiger partial charge in [0.05, 0.1) is 0 Å². The van der Waals surface area contributed by atoms with Crippen molar-refractivity contribution in [1.29, 1.82) is 0 Å². The molecule has 0 saturated carbocycles. The first-order valence-corrected chi connectivity index (χ1v) is 8.32. The number of rotatable bonds is 6. The van der Waals surface area contributed by atoms with Crippen LogP contribution in [0.5, 0.6) is 0 Å². The van der Waals surface area contributed by atoms with Gasteiger partial charge in [0, 0.05) is 24.3 Å². The molecule has 0 aliphatic heterocycles. The van der Waals surface area contributed by atoms with Crippen molar-refractivity contribution in [3.05, 3.63) is 42.2 Å². The normalized spacial score (nSPS) is 13.0. The first kappa shape index (κ1) is 15.2. The summed E-state index contributed by atoms with van der Waals surface area (Å²) in [5.41, 5.74) is 6.69. The fourth-order valence-electron chi connectivity index (χ4n) is 2.02. The zero-order chi connectivity index (χ0) is 15.5. The van der Waals surface area contributed by atoms with Crippen molar-refractivity contribution in [2.24, 2.45) is 5.73 Å². The van der Waals surface area contributed by atoms with E-state index in [1.54, 1.807) is 6.07 Å². The number of hydrogen-bond donors (Lipinski definition) is 1. The van der Waals surface area contributed by atoms with Crippen molar-refractivity contribution in [2.45, 2.75) is 18.1 Å². The van der Waals surface area contributed by atoms with Gasteiger partial charge in [0.1, 0.15) is 16.7 Å². The van der Waals surface area contributed by atoms with Crippen molar-refractivity contribution in [1.82, 2.24) is 5.16 Å². The molecule has 0 aliphatic carbocycles. The highest BCUT2D eigenvalue weighted by Crippen LogP contribution is 2.20. The molecule has 1 heterocycles. The fourth-order valence-corrected chi connectivity index (χ4v) is 2.98. The molecule has 21 heavy (non-hydrogen) atoms. The van der Waals surface area contributed by atoms with E-state index in [1.807, 2.05) is 30.3 Å². The van der Waals surface area contributed by atoms with Gasteiger partial charge in [-0.3, -0.25) is 4.79 Å². The monoisotopic (exact) mass is 308 g/mol. The molecule has 1 unspecified atom stereocenters. The van der Waals surface area contributed by atoms with Crippen LogP contribution in [0, 0.1) is 0 Å². The van der Waals surface area contributed by atoms with E-state index in [-0.39, 0.29) is 12.8 Å². The smallest absolute Gasteiger partial charge is 0.235 e. The molecule has 0 spiro atoms. The molecule has 6 nitrogen and oxygen atoms in total. The van der Waals surface area contributed by atoms with E-state index in [1.165, 1.54) is 0 Å². The SMILES string of the molecule is CS(=O)(=O)C(CCc1cc(-c2ccccc2)no1)C(N)=O. The number of hydrogen-bond acceptors (Lipinski definition) is 5. The van der Waals surface area contributed by atoms with Crippen molar-refractivity contribution in [3.8, 4) is 11.3 Å². The van der Waals surface area contributed by atoms with Crippen molar-refractivity contribution >= 4 is 15.7 Å². The Bertz CT molecular complexity index is 722. The van der Waals surface area contributed by atoms with Crippen LogP contribution in [0.4, 0.5) is 0 Å². The Morgan fingerprint density at radius 1 is 1.33 bits per heavy atom. The number of carbonyl (C=O) groups is 1. The molecular weight excluding hydrogens is 292 g/mol. The number of nitrogens with zero attached hydrogens (tertiary/aromatic N) is 1. The summed E-state index contributed by atoms with van der Waals surface area (Å²) in [7, 11) is -3.52. The minimum Gasteiger partial charge on any atom is -0.369 e. The molecule has 1 aromatic carbocycles. The van der Waals surface area contributed by atoms with Gasteiger partial charge in [-0.1, -0.05) is 35.5 Å². The Morgan fingerprint density at radius 3 is 2.57 bits per heavy atom. The lowest BCUT2D eigenvalue weighted by atomic mass is 10.1. The van der Waals surface area contributed by atoms with Crippen molar-refractivity contribution < 1.29 is 17.7 Å². The number of aromatic nitrogens is 1. The quantitative estimate of drug-likeness (QED) is 0.862. The molecule has 2 rings (SSSR count). The highest BCUT2D eigenvalue weighted by molar-refractivity contribution is 7.92. The molecule has 0 aliphatic rings. The molecular formula is C14H16N2O4S. The molecule has 1 aromatic heterocycles. The van der Waals surface area contributed by atoms with Crippen LogP contribution in [0.2, 0.25) is 0 Å². The van der Waals surface area contributed by atoms with Crippen LogP contribution in [-0.2, 0) is 21.1 Å². The Kier molecular flexibility index (Phi) is 4.42. The minimum atomic E-state index is -3.52. The van der Waals surface area contributed by atoms with Crippen molar-refractivity contribution in [3.63, 3.8) is 0 Å². The third-order valence-electron chi connectivity index (χ3n) is 3.12. The first-order valence-electron chi connectivity index (χ1n) is 6.37. The summed E-state index contributed by atoms with van der Waals surface area (Å²) in [6, 6.07) is 11.2. The Balaban J connectivity index is 2.08. The van der Waals surface area contributed by atoms with Crippen LogP contribution in [0.1, 0.15) is 12.2 Å². The summed E-state index contributed by atoms with van der Waals surface area (Å²) in [4.78, 5) is 11.2. The number of amides is 1. The van der Waals surface area contributed by atoms with E-state index >= 15 is 0 Å². The molecule has 2 aromatic rings. The zero-order valence-electron chi connectivity index (χ0n) is 11.5. The molecule has 7 heteroatoms. The summed E-state index contributed by atoms with van der Waals surface area (Å²) in [6.45, 7) is 0. The molecule has 2 N–H and O–H groups in total. The van der Waals surface area contributed by atoms with Crippen LogP contribution >= 0.6 is 0 Å². The molecule has 0 radical (unpaired) electrons. The Morgan fingerprint density at radius 2 is 2.00 bits per heavy atom. The van der Waals surface area contributed by atoms with E-state index in [4.69, 9.17) is 10.3 Å². The summed E-state index contributed by atoms with van der Waals surface area (Å²) in [5, 5.41) is 2.73. The molecule has 1 atom stereocenters. The minimum absolute atomic E-state index is 0.0809. The second-order valence-electron chi connectivity index (χ2n) is 4.80. The number of benzene rings is 1. The average Bonchev–Trinajstić information content (AvgIpc) is 2.87. The summed E-state index contributed by atoms with van der Waals surface area (Å²) in [6.07, 6.45) is 1.36. The van der Waals surface area contributed by atoms with Gasteiger partial charge in [0.2, 0.25) is 5.91 Å². The maximum Gasteiger partial charge on any atom is 0.235 e. The van der Waals surface area contributed by atoms with Gasteiger partial charge in [-0.05, 0) is 6.42 Å². The Hall–Kier alpha value is -2.15. The number of sulfone groups is 1. The number of aryl methyl sites for hydroxylation is 1. The second-order valence-corrected chi connectivity index (χ2v) is 7.03. The highest BCUT2D eigenvalue weighted by atomic mass is 32.2. The average molecular weight is 308 g/mol. The van der Waals surface area contributed by atoms with Gasteiger partial charge >= 0.3 is 0 Å². The van der Waals surface area contributed by atoms with E-state index in [0.29, 0.717) is 11.5 Å².